The van der Waals surface area contributed by atoms with E-state index in [2.05, 4.69) is 0 Å². The number of phosphoric acid groups is 4. The molecule has 0 bridgehead atoms. The summed E-state index contributed by atoms with van der Waals surface area (Å²) in [6, 6.07) is 0. The third-order valence-electron chi connectivity index (χ3n) is 0. The van der Waals surface area contributed by atoms with Crippen LogP contribution in [0.25, 0.3) is 0 Å². The fourth-order valence-corrected chi connectivity index (χ4v) is 0. The van der Waals surface area contributed by atoms with E-state index in [-0.39, 0.29) is 174 Å². The molecule has 0 fully saturated rings. The zero-order chi connectivity index (χ0) is 18.0. The topological polar surface area (TPSA) is 345 Å². The van der Waals surface area contributed by atoms with E-state index < -0.39 is 31.3 Å². The van der Waals surface area contributed by atoms with Gasteiger partial charge in [-0.15, -0.1) is 0 Å². The largest absolute Gasteiger partial charge is 4.00 e. The van der Waals surface area contributed by atoms with Crippen molar-refractivity contribution in [3.8, 4) is 0 Å². The molecule has 0 amide bonds. The van der Waals surface area contributed by atoms with Gasteiger partial charge in [-0.05, 0) is 0 Å². The van der Waals surface area contributed by atoms with Gasteiger partial charge in [-0.2, -0.15) is 31.3 Å². The molecule has 0 spiro atoms. The third-order valence-corrected chi connectivity index (χ3v) is 0. The molecule has 0 unspecified atom stereocenters. The van der Waals surface area contributed by atoms with E-state index in [1.165, 1.54) is 0 Å². The molecular weight excluding hydrogens is 625 g/mol. The average Bonchev–Trinajstić information content (AvgIpc) is 1.62. The van der Waals surface area contributed by atoms with Crippen LogP contribution >= 0.6 is 31.3 Å². The van der Waals surface area contributed by atoms with Crippen LogP contribution in [-0.4, -0.2) is 109 Å². The summed E-state index contributed by atoms with van der Waals surface area (Å²) in [5.74, 6) is 0. The second-order valence-electron chi connectivity index (χ2n) is 1.79. The van der Waals surface area contributed by atoms with Crippen LogP contribution < -0.4 is 58.7 Å². The first-order valence-electron chi connectivity index (χ1n) is 2.92. The quantitative estimate of drug-likeness (QED) is 0.176. The Morgan fingerprint density at radius 2 is 0.310 bits per heavy atom. The number of hydrogen-bond acceptors (Lipinski definition) is 16. The first-order valence-corrected chi connectivity index (χ1v) is 8.76. The summed E-state index contributed by atoms with van der Waals surface area (Å²) in [5.41, 5.74) is 0. The maximum absolute atomic E-state index is 8.55. The Kier molecular flexibility index (Phi) is 119. The summed E-state index contributed by atoms with van der Waals surface area (Å²) in [6.45, 7) is 0. The van der Waals surface area contributed by atoms with E-state index in [0.29, 0.717) is 0 Å². The van der Waals surface area contributed by atoms with E-state index >= 15 is 0 Å². The van der Waals surface area contributed by atoms with Gasteiger partial charge in [0.05, 0.1) is 0 Å². The molecule has 0 aliphatic rings. The molecule has 0 aliphatic carbocycles. The Balaban J connectivity index is -0.00000000970. The molecule has 0 rings (SSSR count). The molecule has 0 atom stereocenters. The molecule has 0 aliphatic heterocycles. The van der Waals surface area contributed by atoms with Crippen molar-refractivity contribution in [1.82, 2.24) is 0 Å². The van der Waals surface area contributed by atoms with Crippen molar-refractivity contribution in [2.75, 3.05) is 0 Å². The van der Waals surface area contributed by atoms with E-state index in [1.54, 1.807) is 0 Å². The maximum atomic E-state index is 8.55. The minimum Gasteiger partial charge on any atom is 4.00 e. The molecule has 0 radical (unpaired) electrons. The van der Waals surface area contributed by atoms with Crippen molar-refractivity contribution in [3.05, 3.63) is 0 Å². The van der Waals surface area contributed by atoms with Gasteiger partial charge in [0.2, 0.25) is 0 Å². The van der Waals surface area contributed by atoms with Crippen LogP contribution in [0.15, 0.2) is 0 Å². The zero-order valence-electron chi connectivity index (χ0n) is 9.82. The van der Waals surface area contributed by atoms with Crippen LogP contribution in [0.5, 0.6) is 0 Å². The number of rotatable bonds is 0. The van der Waals surface area contributed by atoms with E-state index in [4.69, 9.17) is 77.0 Å². The summed E-state index contributed by atoms with van der Waals surface area (Å²) >= 11 is 0. The van der Waals surface area contributed by atoms with Crippen LogP contribution in [0, 0.1) is 0 Å². The standard InChI is InChI=1S/3Al.3Li.4H3O4P.3Ti.12H/c;;;;;;4*1-5(2,3)4;;;;;;;;;;;;;;;/h;;;;;;4*(H3,1,2,3,4);;;;;;;;;;;;;;;/q;;;;;;;;;;3*+4;;;;;;;;;;;;/p-12. The summed E-state index contributed by atoms with van der Waals surface area (Å²) in [5, 5.41) is 0. The molecule has 0 N–H and O–H groups in total. The van der Waals surface area contributed by atoms with Crippen molar-refractivity contribution in [1.29, 1.82) is 0 Å². The molecule has 29 heteroatoms. The molecule has 0 aromatic rings. The summed E-state index contributed by atoms with van der Waals surface area (Å²) in [4.78, 5) is 103. The number of hydrogen-bond donors (Lipinski definition) is 0. The molecule has 0 heterocycles. The van der Waals surface area contributed by atoms with Gasteiger partial charge in [0.25, 0.3) is 0 Å². The van der Waals surface area contributed by atoms with Crippen molar-refractivity contribution >= 4 is 140 Å². The summed E-state index contributed by atoms with van der Waals surface area (Å²) in [6.07, 6.45) is 0. The Hall–Kier alpha value is 5.97. The molecule has 0 aromatic heterocycles. The van der Waals surface area contributed by atoms with Gasteiger partial charge in [0, 0.05) is 0 Å². The fraction of sp³-hybridized carbons (Fsp3) is 0. The third kappa shape index (κ3) is 974. The molecular formula is H12Al3Li3O16P4Ti3. The average molecular weight is 637 g/mol. The molecule has 29 heavy (non-hydrogen) atoms. The van der Waals surface area contributed by atoms with Gasteiger partial charge in [0.1, 0.15) is 0 Å². The SMILES string of the molecule is O=P([O-])([O-])[O-].O=P([O-])([O-])[O-].O=P([O-])([O-])[O-].O=P([O-])([O-])[O-].[AlH3].[AlH3].[AlH3].[LiH].[LiH].[LiH].[Ti+4].[Ti+4].[Ti+4]. The van der Waals surface area contributed by atoms with Crippen molar-refractivity contribution in [2.45, 2.75) is 0 Å². The van der Waals surface area contributed by atoms with Gasteiger partial charge in [-0.25, -0.2) is 0 Å². The molecule has 152 valence electrons. The van der Waals surface area contributed by atoms with Crippen LogP contribution in [-0.2, 0) is 83.4 Å². The normalized spacial score (nSPS) is 8.14. The minimum atomic E-state index is -5.39. The van der Waals surface area contributed by atoms with Crippen LogP contribution in [0.1, 0.15) is 0 Å². The van der Waals surface area contributed by atoms with Gasteiger partial charge < -0.3 is 77.0 Å². The zero-order valence-corrected chi connectivity index (χ0v) is 18.1. The Morgan fingerprint density at radius 3 is 0.310 bits per heavy atom. The van der Waals surface area contributed by atoms with Crippen LogP contribution in [0.3, 0.4) is 0 Å². The van der Waals surface area contributed by atoms with Crippen molar-refractivity contribution in [2.24, 2.45) is 0 Å². The van der Waals surface area contributed by atoms with Gasteiger partial charge in [-0.3, -0.25) is 0 Å². The second kappa shape index (κ2) is 41.1. The Labute approximate surface area is 278 Å². The Morgan fingerprint density at radius 1 is 0.310 bits per heavy atom. The fourth-order valence-electron chi connectivity index (χ4n) is 0. The first-order chi connectivity index (χ1) is 8.00. The van der Waals surface area contributed by atoms with Crippen molar-refractivity contribution < 1.29 is 142 Å². The first kappa shape index (κ1) is 83.6. The monoisotopic (exact) mass is 638 g/mol. The predicted molar refractivity (Wildman–Crippen MR) is 81.7 cm³/mol. The van der Waals surface area contributed by atoms with Crippen LogP contribution in [0.2, 0.25) is 0 Å². The molecule has 0 aromatic carbocycles. The van der Waals surface area contributed by atoms with E-state index in [1.807, 2.05) is 0 Å². The van der Waals surface area contributed by atoms with Crippen molar-refractivity contribution in [3.63, 3.8) is 0 Å². The predicted octanol–water partition coefficient (Wildman–Crippen LogP) is -16.8. The van der Waals surface area contributed by atoms with Gasteiger partial charge in [0.15, 0.2) is 52.1 Å². The van der Waals surface area contributed by atoms with E-state index in [9.17, 15) is 0 Å². The van der Waals surface area contributed by atoms with Crippen LogP contribution in [0.4, 0.5) is 0 Å². The summed E-state index contributed by atoms with van der Waals surface area (Å²) in [7, 11) is -21.6. The van der Waals surface area contributed by atoms with Gasteiger partial charge >= 0.3 is 122 Å². The second-order valence-corrected chi connectivity index (χ2v) is 5.37. The maximum Gasteiger partial charge on any atom is 4.00 e. The smallest absolute Gasteiger partial charge is 4.00 e. The molecule has 0 saturated heterocycles. The van der Waals surface area contributed by atoms with Gasteiger partial charge in [-0.1, -0.05) is 0 Å². The minimum absolute atomic E-state index is 0. The van der Waals surface area contributed by atoms with E-state index in [0.717, 1.165) is 0 Å². The molecule has 0 saturated carbocycles. The molecule has 16 nitrogen and oxygen atoms in total. The summed E-state index contributed by atoms with van der Waals surface area (Å²) < 4.78 is 34.2. The Bertz CT molecular complexity index is 319.